The molecule has 1 aromatic heterocycles. The Morgan fingerprint density at radius 2 is 1.85 bits per heavy atom. The van der Waals surface area contributed by atoms with Crippen molar-refractivity contribution in [2.24, 2.45) is 11.8 Å². The number of rotatable bonds is 8. The lowest BCUT2D eigenvalue weighted by atomic mass is 9.94. The predicted octanol–water partition coefficient (Wildman–Crippen LogP) is 2.73. The molecule has 1 N–H and O–H groups in total. The van der Waals surface area contributed by atoms with Crippen molar-refractivity contribution in [2.45, 2.75) is 25.7 Å². The van der Waals surface area contributed by atoms with Crippen LogP contribution in [0.1, 0.15) is 35.2 Å². The summed E-state index contributed by atoms with van der Waals surface area (Å²) in [6.07, 6.45) is 5.72. The molecule has 1 amide bonds. The first-order valence-electron chi connectivity index (χ1n) is 11.5. The average molecular weight is 491 g/mol. The van der Waals surface area contributed by atoms with Crippen molar-refractivity contribution in [2.75, 3.05) is 44.3 Å². The monoisotopic (exact) mass is 490 g/mol. The summed E-state index contributed by atoms with van der Waals surface area (Å²) in [5, 5.41) is 9.55. The van der Waals surface area contributed by atoms with Crippen molar-refractivity contribution in [1.82, 2.24) is 14.9 Å². The van der Waals surface area contributed by atoms with Crippen LogP contribution in [0.25, 0.3) is 0 Å². The number of halogens is 2. The summed E-state index contributed by atoms with van der Waals surface area (Å²) in [6, 6.07) is 4.08. The molecule has 0 aliphatic carbocycles. The van der Waals surface area contributed by atoms with Gasteiger partial charge in [-0.15, -0.1) is 0 Å². The fraction of sp³-hybridized carbons (Fsp3) is 0.500. The van der Waals surface area contributed by atoms with Crippen LogP contribution < -0.4 is 4.90 Å². The van der Waals surface area contributed by atoms with Crippen molar-refractivity contribution in [3.05, 3.63) is 52.6 Å². The Labute approximate surface area is 202 Å². The van der Waals surface area contributed by atoms with E-state index in [4.69, 9.17) is 21.4 Å². The number of carbonyl (C=O) groups is 2. The lowest BCUT2D eigenvalue weighted by molar-refractivity contribution is -0.137. The van der Waals surface area contributed by atoms with Gasteiger partial charge in [-0.1, -0.05) is 17.7 Å². The third-order valence-electron chi connectivity index (χ3n) is 6.46. The summed E-state index contributed by atoms with van der Waals surface area (Å²) < 4.78 is 19.8. The number of piperidine rings is 1. The summed E-state index contributed by atoms with van der Waals surface area (Å²) in [4.78, 5) is 36.8. The zero-order valence-corrected chi connectivity index (χ0v) is 19.6. The smallest absolute Gasteiger partial charge is 0.338 e. The largest absolute Gasteiger partial charge is 0.462 e. The van der Waals surface area contributed by atoms with Gasteiger partial charge < -0.3 is 19.6 Å². The van der Waals surface area contributed by atoms with Crippen LogP contribution in [0.2, 0.25) is 5.02 Å². The van der Waals surface area contributed by atoms with E-state index in [1.54, 1.807) is 17.3 Å². The molecule has 2 saturated heterocycles. The number of esters is 1. The fourth-order valence-electron chi connectivity index (χ4n) is 4.27. The van der Waals surface area contributed by atoms with Crippen LogP contribution in [0, 0.1) is 17.7 Å². The number of nitrogens with zero attached hydrogens (tertiary/aromatic N) is 4. The van der Waals surface area contributed by atoms with E-state index in [9.17, 15) is 14.0 Å². The van der Waals surface area contributed by atoms with E-state index in [1.807, 2.05) is 0 Å². The van der Waals surface area contributed by atoms with Gasteiger partial charge in [-0.2, -0.15) is 0 Å². The third-order valence-corrected chi connectivity index (χ3v) is 6.66. The number of aromatic nitrogens is 2. The average Bonchev–Trinajstić information content (AvgIpc) is 2.80. The summed E-state index contributed by atoms with van der Waals surface area (Å²) in [6.45, 7) is 2.95. The van der Waals surface area contributed by atoms with E-state index < -0.39 is 11.8 Å². The number of hydrogen-bond donors (Lipinski definition) is 1. The Morgan fingerprint density at radius 3 is 2.50 bits per heavy atom. The quantitative estimate of drug-likeness (QED) is 0.568. The lowest BCUT2D eigenvalue weighted by Crippen LogP contribution is -2.51. The molecular formula is C24H28ClFN4O4. The van der Waals surface area contributed by atoms with E-state index in [0.717, 1.165) is 38.4 Å². The number of aliphatic hydroxyl groups excluding tert-OH is 1. The minimum absolute atomic E-state index is 0.0481. The van der Waals surface area contributed by atoms with Gasteiger partial charge in [0, 0.05) is 38.7 Å². The van der Waals surface area contributed by atoms with Crippen LogP contribution in [0.15, 0.2) is 30.6 Å². The number of aliphatic hydroxyl groups is 1. The van der Waals surface area contributed by atoms with Gasteiger partial charge in [0.1, 0.15) is 5.82 Å². The van der Waals surface area contributed by atoms with Crippen LogP contribution >= 0.6 is 11.6 Å². The van der Waals surface area contributed by atoms with Crippen molar-refractivity contribution in [1.29, 1.82) is 0 Å². The second-order valence-corrected chi connectivity index (χ2v) is 9.32. The fourth-order valence-corrected chi connectivity index (χ4v) is 4.37. The first-order chi connectivity index (χ1) is 16.4. The van der Waals surface area contributed by atoms with Gasteiger partial charge in [-0.25, -0.2) is 19.2 Å². The van der Waals surface area contributed by atoms with Gasteiger partial charge in [0.15, 0.2) is 0 Å². The van der Waals surface area contributed by atoms with E-state index in [1.165, 1.54) is 12.1 Å². The maximum atomic E-state index is 14.5. The first-order valence-corrected chi connectivity index (χ1v) is 11.9. The van der Waals surface area contributed by atoms with E-state index in [0.29, 0.717) is 30.0 Å². The van der Waals surface area contributed by atoms with Crippen LogP contribution in [0.4, 0.5) is 10.3 Å². The summed E-state index contributed by atoms with van der Waals surface area (Å²) >= 11 is 5.84. The molecule has 0 bridgehead atoms. The number of hydrogen-bond acceptors (Lipinski definition) is 7. The number of anilines is 1. The Balaban J connectivity index is 1.19. The van der Waals surface area contributed by atoms with Crippen LogP contribution in [0.3, 0.4) is 0 Å². The molecule has 0 atom stereocenters. The maximum Gasteiger partial charge on any atom is 0.338 e. The Morgan fingerprint density at radius 1 is 1.15 bits per heavy atom. The van der Waals surface area contributed by atoms with Gasteiger partial charge in [0.2, 0.25) is 11.9 Å². The van der Waals surface area contributed by atoms with Gasteiger partial charge in [0.25, 0.3) is 0 Å². The standard InChI is InChI=1S/C24H28ClFN4O4/c25-20-11-27-24(28-12-20)29-6-3-16(4-7-29)5-8-34-23(33)19-2-1-18(21(26)9-19)10-22(32)30-13-17(14-30)15-31/h1-2,9,11-12,16-17,31H,3-8,10,13-15H2. The molecule has 2 aromatic rings. The minimum Gasteiger partial charge on any atom is -0.462 e. The van der Waals surface area contributed by atoms with Crippen molar-refractivity contribution in [3.63, 3.8) is 0 Å². The number of benzene rings is 1. The van der Waals surface area contributed by atoms with Crippen molar-refractivity contribution in [3.8, 4) is 0 Å². The van der Waals surface area contributed by atoms with Gasteiger partial charge in [-0.05, 0) is 42.9 Å². The second kappa shape index (κ2) is 11.1. The molecule has 34 heavy (non-hydrogen) atoms. The molecule has 0 spiro atoms. The summed E-state index contributed by atoms with van der Waals surface area (Å²) in [7, 11) is 0. The van der Waals surface area contributed by atoms with Crippen LogP contribution in [0.5, 0.6) is 0 Å². The highest BCUT2D eigenvalue weighted by atomic mass is 35.5. The SMILES string of the molecule is O=C(OCCC1CCN(c2ncc(Cl)cn2)CC1)c1ccc(CC(=O)N2CC(CO)C2)c(F)c1. The zero-order valence-electron chi connectivity index (χ0n) is 18.8. The van der Waals surface area contributed by atoms with Gasteiger partial charge >= 0.3 is 5.97 Å². The molecule has 2 aliphatic heterocycles. The Kier molecular flexibility index (Phi) is 7.95. The number of carbonyl (C=O) groups excluding carboxylic acids is 2. The molecule has 2 aliphatic rings. The molecule has 4 rings (SSSR count). The minimum atomic E-state index is -0.598. The van der Waals surface area contributed by atoms with E-state index in [-0.39, 0.29) is 42.6 Å². The molecule has 2 fully saturated rings. The highest BCUT2D eigenvalue weighted by Gasteiger charge is 2.30. The molecule has 0 unspecified atom stereocenters. The van der Waals surface area contributed by atoms with Crippen molar-refractivity contribution >= 4 is 29.4 Å². The highest BCUT2D eigenvalue weighted by molar-refractivity contribution is 6.30. The molecule has 0 saturated carbocycles. The Hall–Kier alpha value is -2.78. The normalized spacial score (nSPS) is 16.9. The number of likely N-dealkylation sites (tertiary alicyclic amines) is 1. The first kappa shape index (κ1) is 24.3. The summed E-state index contributed by atoms with van der Waals surface area (Å²) in [5.41, 5.74) is 0.373. The second-order valence-electron chi connectivity index (χ2n) is 8.89. The molecular weight excluding hydrogens is 463 g/mol. The maximum absolute atomic E-state index is 14.5. The van der Waals surface area contributed by atoms with Crippen LogP contribution in [-0.2, 0) is 16.0 Å². The molecule has 8 nitrogen and oxygen atoms in total. The molecule has 3 heterocycles. The van der Waals surface area contributed by atoms with Crippen LogP contribution in [-0.4, -0.2) is 71.2 Å². The van der Waals surface area contributed by atoms with E-state index >= 15 is 0 Å². The van der Waals surface area contributed by atoms with Gasteiger partial charge in [-0.3, -0.25) is 4.79 Å². The highest BCUT2D eigenvalue weighted by Crippen LogP contribution is 2.24. The lowest BCUT2D eigenvalue weighted by Gasteiger charge is -2.38. The zero-order chi connectivity index (χ0) is 24.1. The Bertz CT molecular complexity index is 1010. The topological polar surface area (TPSA) is 95.9 Å². The molecule has 1 aromatic carbocycles. The number of amides is 1. The molecule has 10 heteroatoms. The van der Waals surface area contributed by atoms with E-state index in [2.05, 4.69) is 14.9 Å². The predicted molar refractivity (Wildman–Crippen MR) is 124 cm³/mol. The van der Waals surface area contributed by atoms with Crippen molar-refractivity contribution < 1.29 is 23.8 Å². The number of ether oxygens (including phenoxy) is 1. The summed E-state index contributed by atoms with van der Waals surface area (Å²) in [5.74, 6) is -0.159. The molecule has 0 radical (unpaired) electrons. The van der Waals surface area contributed by atoms with Gasteiger partial charge in [0.05, 0.1) is 36.0 Å². The molecule has 182 valence electrons. The third kappa shape index (κ3) is 6.01.